The predicted molar refractivity (Wildman–Crippen MR) is 58.6 cm³/mol. The molecule has 0 aliphatic carbocycles. The molecular weight excluding hydrogens is 260 g/mol. The average Bonchev–Trinajstić information content (AvgIpc) is 2.95. The number of aromatic nitrogens is 6. The Morgan fingerprint density at radius 3 is 2.94 bits per heavy atom. The summed E-state index contributed by atoms with van der Waals surface area (Å²) in [6, 6.07) is 0. The van der Waals surface area contributed by atoms with Crippen LogP contribution in [0.4, 0.5) is 0 Å². The fourth-order valence-corrected chi connectivity index (χ4v) is 1.66. The van der Waals surface area contributed by atoms with Gasteiger partial charge in [-0.15, -0.1) is 15.3 Å². The van der Waals surface area contributed by atoms with Crippen LogP contribution in [0.1, 0.15) is 23.4 Å². The second kappa shape index (κ2) is 5.58. The van der Waals surface area contributed by atoms with Gasteiger partial charge in [-0.3, -0.25) is 0 Å². The van der Waals surface area contributed by atoms with Gasteiger partial charge in [0.25, 0.3) is 5.22 Å². The van der Waals surface area contributed by atoms with E-state index in [0.29, 0.717) is 11.6 Å². The zero-order valence-corrected chi connectivity index (χ0v) is 10.5. The number of hydrogen-bond donors (Lipinski definition) is 0. The Kier molecular flexibility index (Phi) is 3.87. The van der Waals surface area contributed by atoms with Crippen molar-refractivity contribution < 1.29 is 13.9 Å². The minimum atomic E-state index is -0.630. The van der Waals surface area contributed by atoms with Gasteiger partial charge in [-0.2, -0.15) is 4.80 Å². The summed E-state index contributed by atoms with van der Waals surface area (Å²) in [5, 5.41) is 19.0. The lowest BCUT2D eigenvalue weighted by atomic mass is 10.7. The maximum absolute atomic E-state index is 11.3. The molecule has 0 N–H and O–H groups in total. The van der Waals surface area contributed by atoms with Gasteiger partial charge in [0.15, 0.2) is 5.82 Å². The molecule has 2 aromatic rings. The number of tetrazole rings is 1. The number of hydrogen-bond acceptors (Lipinski definition) is 9. The highest BCUT2D eigenvalue weighted by atomic mass is 32.2. The third-order valence-electron chi connectivity index (χ3n) is 1.73. The van der Waals surface area contributed by atoms with E-state index in [1.807, 2.05) is 0 Å². The first-order valence-corrected chi connectivity index (χ1v) is 6.04. The molecule has 0 aromatic carbocycles. The van der Waals surface area contributed by atoms with Crippen LogP contribution in [0, 0.1) is 0 Å². The number of carbonyl (C=O) groups is 1. The number of thioether (sulfide) groups is 1. The van der Waals surface area contributed by atoms with Crippen molar-refractivity contribution in [3.63, 3.8) is 0 Å². The molecule has 18 heavy (non-hydrogen) atoms. The van der Waals surface area contributed by atoms with E-state index in [1.54, 1.807) is 14.0 Å². The predicted octanol–water partition coefficient (Wildman–Crippen LogP) is 0.0621. The van der Waals surface area contributed by atoms with E-state index >= 15 is 0 Å². The van der Waals surface area contributed by atoms with E-state index in [0.717, 1.165) is 0 Å². The second-order valence-corrected chi connectivity index (χ2v) is 4.00. The van der Waals surface area contributed by atoms with Crippen LogP contribution in [0.5, 0.6) is 0 Å². The standard InChI is InChI=1S/C8H10N6O3S/c1-3-16-7(15)6-10-11-8(17-6)18-4-5-9-13-14(2)12-5/h3-4H2,1-2H3. The van der Waals surface area contributed by atoms with Gasteiger partial charge >= 0.3 is 11.9 Å². The first-order chi connectivity index (χ1) is 8.69. The third-order valence-corrected chi connectivity index (χ3v) is 2.55. The number of nitrogens with zero attached hydrogens (tertiary/aromatic N) is 6. The molecular formula is C8H10N6O3S. The Bertz CT molecular complexity index is 538. The highest BCUT2D eigenvalue weighted by Gasteiger charge is 2.16. The van der Waals surface area contributed by atoms with Gasteiger partial charge in [-0.25, -0.2) is 4.79 Å². The minimum absolute atomic E-state index is 0.161. The number of carbonyl (C=O) groups excluding carboxylic acids is 1. The lowest BCUT2D eigenvalue weighted by Gasteiger charge is -1.94. The van der Waals surface area contributed by atoms with Crippen molar-refractivity contribution >= 4 is 17.7 Å². The van der Waals surface area contributed by atoms with Gasteiger partial charge in [-0.05, 0) is 12.1 Å². The normalized spacial score (nSPS) is 10.6. The fraction of sp³-hybridized carbons (Fsp3) is 0.500. The van der Waals surface area contributed by atoms with Crippen LogP contribution in [0.2, 0.25) is 0 Å². The summed E-state index contributed by atoms with van der Waals surface area (Å²) in [6.07, 6.45) is 0. The Hall–Kier alpha value is -1.97. The summed E-state index contributed by atoms with van der Waals surface area (Å²) in [5.74, 6) is 0.178. The van der Waals surface area contributed by atoms with Gasteiger partial charge in [0.1, 0.15) is 0 Å². The van der Waals surface area contributed by atoms with Crippen LogP contribution < -0.4 is 0 Å². The fourth-order valence-electron chi connectivity index (χ4n) is 1.05. The number of aryl methyl sites for hydroxylation is 1. The van der Waals surface area contributed by atoms with Gasteiger partial charge in [0.2, 0.25) is 0 Å². The molecule has 10 heteroatoms. The van der Waals surface area contributed by atoms with Gasteiger partial charge < -0.3 is 9.15 Å². The van der Waals surface area contributed by atoms with Crippen molar-refractivity contribution in [3.8, 4) is 0 Å². The van der Waals surface area contributed by atoms with Crippen molar-refractivity contribution in [1.29, 1.82) is 0 Å². The van der Waals surface area contributed by atoms with Gasteiger partial charge in [-0.1, -0.05) is 16.9 Å². The minimum Gasteiger partial charge on any atom is -0.459 e. The van der Waals surface area contributed by atoms with E-state index in [9.17, 15) is 4.79 Å². The molecule has 0 aliphatic heterocycles. The van der Waals surface area contributed by atoms with Gasteiger partial charge in [0.05, 0.1) is 19.4 Å². The second-order valence-electron chi connectivity index (χ2n) is 3.08. The molecule has 2 heterocycles. The van der Waals surface area contributed by atoms with Gasteiger partial charge in [0, 0.05) is 0 Å². The lowest BCUT2D eigenvalue weighted by Crippen LogP contribution is -2.04. The van der Waals surface area contributed by atoms with Crippen molar-refractivity contribution in [2.45, 2.75) is 17.9 Å². The summed E-state index contributed by atoms with van der Waals surface area (Å²) in [6.45, 7) is 1.96. The van der Waals surface area contributed by atoms with Crippen molar-refractivity contribution in [1.82, 2.24) is 30.4 Å². The van der Waals surface area contributed by atoms with Crippen LogP contribution >= 0.6 is 11.8 Å². The molecule has 0 fully saturated rings. The molecule has 0 bridgehead atoms. The van der Waals surface area contributed by atoms with Crippen LogP contribution in [0.15, 0.2) is 9.64 Å². The molecule has 0 spiro atoms. The Labute approximate surface area is 106 Å². The van der Waals surface area contributed by atoms with E-state index in [2.05, 4.69) is 25.6 Å². The van der Waals surface area contributed by atoms with E-state index in [1.165, 1.54) is 16.6 Å². The zero-order chi connectivity index (χ0) is 13.0. The topological polar surface area (TPSA) is 109 Å². The van der Waals surface area contributed by atoms with E-state index in [-0.39, 0.29) is 17.7 Å². The maximum Gasteiger partial charge on any atom is 0.396 e. The SMILES string of the molecule is CCOC(=O)c1nnc(SCc2nnn(C)n2)o1. The van der Waals surface area contributed by atoms with Crippen LogP contribution in [0.3, 0.4) is 0 Å². The number of ether oxygens (including phenoxy) is 1. The Morgan fingerprint density at radius 1 is 1.44 bits per heavy atom. The molecule has 0 amide bonds. The van der Waals surface area contributed by atoms with Crippen molar-refractivity contribution in [2.24, 2.45) is 7.05 Å². The third kappa shape index (κ3) is 3.03. The lowest BCUT2D eigenvalue weighted by molar-refractivity contribution is 0.0475. The first-order valence-electron chi connectivity index (χ1n) is 5.05. The summed E-state index contributed by atoms with van der Waals surface area (Å²) in [4.78, 5) is 12.6. The molecule has 0 aliphatic rings. The first kappa shape index (κ1) is 12.5. The molecule has 96 valence electrons. The van der Waals surface area contributed by atoms with E-state index < -0.39 is 5.97 Å². The highest BCUT2D eigenvalue weighted by Crippen LogP contribution is 2.19. The van der Waals surface area contributed by atoms with E-state index in [4.69, 9.17) is 9.15 Å². The molecule has 2 rings (SSSR count). The maximum atomic E-state index is 11.3. The zero-order valence-electron chi connectivity index (χ0n) is 9.73. The van der Waals surface area contributed by atoms with Crippen LogP contribution in [0.25, 0.3) is 0 Å². The summed E-state index contributed by atoms with van der Waals surface area (Å²) in [7, 11) is 1.67. The average molecular weight is 270 g/mol. The quantitative estimate of drug-likeness (QED) is 0.550. The summed E-state index contributed by atoms with van der Waals surface area (Å²) >= 11 is 1.22. The molecule has 0 saturated carbocycles. The monoisotopic (exact) mass is 270 g/mol. The highest BCUT2D eigenvalue weighted by molar-refractivity contribution is 7.98. The summed E-state index contributed by atoms with van der Waals surface area (Å²) in [5.41, 5.74) is 0. The molecule has 2 aromatic heterocycles. The molecule has 0 saturated heterocycles. The summed E-state index contributed by atoms with van der Waals surface area (Å²) < 4.78 is 9.83. The number of rotatable bonds is 5. The number of esters is 1. The molecule has 9 nitrogen and oxygen atoms in total. The smallest absolute Gasteiger partial charge is 0.396 e. The van der Waals surface area contributed by atoms with Crippen LogP contribution in [-0.4, -0.2) is 43.0 Å². The molecule has 0 unspecified atom stereocenters. The van der Waals surface area contributed by atoms with Crippen LogP contribution in [-0.2, 0) is 17.5 Å². The Morgan fingerprint density at radius 2 is 2.28 bits per heavy atom. The van der Waals surface area contributed by atoms with Crippen molar-refractivity contribution in [2.75, 3.05) is 6.61 Å². The molecule has 0 atom stereocenters. The van der Waals surface area contributed by atoms with Crippen molar-refractivity contribution in [3.05, 3.63) is 11.7 Å². The Balaban J connectivity index is 1.92. The molecule has 0 radical (unpaired) electrons. The largest absolute Gasteiger partial charge is 0.459 e.